The molecule has 18 heavy (non-hydrogen) atoms. The summed E-state index contributed by atoms with van der Waals surface area (Å²) in [6.07, 6.45) is 1.49. The average Bonchev–Trinajstić information content (AvgIpc) is 2.40. The van der Waals surface area contributed by atoms with Gasteiger partial charge in [-0.2, -0.15) is 0 Å². The first-order chi connectivity index (χ1) is 8.66. The zero-order chi connectivity index (χ0) is 13.0. The van der Waals surface area contributed by atoms with Crippen LogP contribution in [0.3, 0.4) is 0 Å². The molecule has 0 spiro atoms. The number of aromatic nitrogens is 1. The maximum atomic E-state index is 10.9. The largest absolute Gasteiger partial charge is 0.478 e. The van der Waals surface area contributed by atoms with Gasteiger partial charge in [0, 0.05) is 12.2 Å². The number of carboxylic acid groups (broad SMARTS) is 1. The predicted molar refractivity (Wildman–Crippen MR) is 69.7 cm³/mol. The zero-order valence-corrected chi connectivity index (χ0v) is 10.00. The molecule has 0 aliphatic rings. The van der Waals surface area contributed by atoms with Crippen LogP contribution >= 0.6 is 0 Å². The van der Waals surface area contributed by atoms with Crippen molar-refractivity contribution in [3.8, 4) is 0 Å². The Balaban J connectivity index is 2.14. The molecule has 0 fully saturated rings. The number of carbonyl (C=O) groups is 1. The van der Waals surface area contributed by atoms with E-state index in [9.17, 15) is 4.79 Å². The third-order valence-corrected chi connectivity index (χ3v) is 2.67. The van der Waals surface area contributed by atoms with Crippen molar-refractivity contribution in [2.75, 3.05) is 5.32 Å². The van der Waals surface area contributed by atoms with E-state index in [0.717, 1.165) is 5.56 Å². The number of hydrogen-bond donors (Lipinski definition) is 2. The molecule has 0 aliphatic heterocycles. The first-order valence-corrected chi connectivity index (χ1v) is 5.67. The monoisotopic (exact) mass is 242 g/mol. The smallest absolute Gasteiger partial charge is 0.335 e. The van der Waals surface area contributed by atoms with Crippen molar-refractivity contribution in [1.82, 2.24) is 4.98 Å². The van der Waals surface area contributed by atoms with Gasteiger partial charge in [-0.3, -0.25) is 0 Å². The third kappa shape index (κ3) is 2.85. The number of rotatable bonds is 4. The van der Waals surface area contributed by atoms with Gasteiger partial charge in [-0.15, -0.1) is 0 Å². The first-order valence-electron chi connectivity index (χ1n) is 5.67. The highest BCUT2D eigenvalue weighted by Gasteiger charge is 2.08. The van der Waals surface area contributed by atoms with Gasteiger partial charge in [-0.25, -0.2) is 9.78 Å². The van der Waals surface area contributed by atoms with Crippen molar-refractivity contribution in [2.24, 2.45) is 0 Å². The molecule has 0 amide bonds. The fraction of sp³-hybridized carbons (Fsp3) is 0.143. The van der Waals surface area contributed by atoms with Gasteiger partial charge in [0.2, 0.25) is 0 Å². The Morgan fingerprint density at radius 2 is 2.00 bits per heavy atom. The minimum atomic E-state index is -0.951. The van der Waals surface area contributed by atoms with Gasteiger partial charge in [0.1, 0.15) is 5.82 Å². The highest BCUT2D eigenvalue weighted by Crippen LogP contribution is 2.17. The molecule has 0 saturated heterocycles. The van der Waals surface area contributed by atoms with Crippen molar-refractivity contribution < 1.29 is 9.90 Å². The predicted octanol–water partition coefficient (Wildman–Crippen LogP) is 2.95. The Labute approximate surface area is 105 Å². The molecule has 0 bridgehead atoms. The Hall–Kier alpha value is -2.36. The number of nitrogens with one attached hydrogen (secondary N) is 1. The summed E-state index contributed by atoms with van der Waals surface area (Å²) in [5.74, 6) is -0.390. The summed E-state index contributed by atoms with van der Waals surface area (Å²) in [5.41, 5.74) is 1.35. The summed E-state index contributed by atoms with van der Waals surface area (Å²) in [6, 6.07) is 13.0. The van der Waals surface area contributed by atoms with Crippen LogP contribution in [0.1, 0.15) is 28.9 Å². The van der Waals surface area contributed by atoms with Gasteiger partial charge < -0.3 is 10.4 Å². The Morgan fingerprint density at radius 1 is 1.28 bits per heavy atom. The van der Waals surface area contributed by atoms with Crippen LogP contribution in [0.5, 0.6) is 0 Å². The van der Waals surface area contributed by atoms with E-state index in [4.69, 9.17) is 5.11 Å². The van der Waals surface area contributed by atoms with Crippen LogP contribution in [0, 0.1) is 0 Å². The lowest BCUT2D eigenvalue weighted by atomic mass is 10.1. The van der Waals surface area contributed by atoms with Crippen LogP contribution in [0.2, 0.25) is 0 Å². The molecule has 0 saturated carbocycles. The lowest BCUT2D eigenvalue weighted by molar-refractivity contribution is 0.0697. The zero-order valence-electron chi connectivity index (χ0n) is 10.00. The van der Waals surface area contributed by atoms with Crippen LogP contribution in [0.25, 0.3) is 0 Å². The number of benzene rings is 1. The minimum absolute atomic E-state index is 0.0720. The summed E-state index contributed by atoms with van der Waals surface area (Å²) < 4.78 is 0. The SMILES string of the molecule is CC(Nc1cc(C(=O)O)ccn1)c1ccccc1. The molecule has 2 N–H and O–H groups in total. The second-order valence-corrected chi connectivity index (χ2v) is 4.01. The van der Waals surface area contributed by atoms with E-state index in [1.807, 2.05) is 37.3 Å². The third-order valence-electron chi connectivity index (χ3n) is 2.67. The van der Waals surface area contributed by atoms with E-state index in [-0.39, 0.29) is 11.6 Å². The minimum Gasteiger partial charge on any atom is -0.478 e. The number of anilines is 1. The number of nitrogens with zero attached hydrogens (tertiary/aromatic N) is 1. The molecule has 2 rings (SSSR count). The maximum Gasteiger partial charge on any atom is 0.335 e. The van der Waals surface area contributed by atoms with Gasteiger partial charge in [0.05, 0.1) is 5.56 Å². The van der Waals surface area contributed by atoms with E-state index in [1.165, 1.54) is 18.3 Å². The standard InChI is InChI=1S/C14H14N2O2/c1-10(11-5-3-2-4-6-11)16-13-9-12(14(17)18)7-8-15-13/h2-10H,1H3,(H,15,16)(H,17,18). The van der Waals surface area contributed by atoms with E-state index in [0.29, 0.717) is 5.82 Å². The Bertz CT molecular complexity index is 541. The van der Waals surface area contributed by atoms with Crippen molar-refractivity contribution in [1.29, 1.82) is 0 Å². The molecule has 4 heteroatoms. The lowest BCUT2D eigenvalue weighted by Crippen LogP contribution is -2.08. The van der Waals surface area contributed by atoms with E-state index < -0.39 is 5.97 Å². The second kappa shape index (κ2) is 5.31. The number of carboxylic acids is 1. The molecular weight excluding hydrogens is 228 g/mol. The molecule has 4 nitrogen and oxygen atoms in total. The normalized spacial score (nSPS) is 11.8. The molecule has 0 aliphatic carbocycles. The van der Waals surface area contributed by atoms with Gasteiger partial charge in [0.15, 0.2) is 0 Å². The summed E-state index contributed by atoms with van der Waals surface area (Å²) in [4.78, 5) is 15.0. The van der Waals surface area contributed by atoms with Crippen molar-refractivity contribution in [3.63, 3.8) is 0 Å². The molecule has 1 aromatic heterocycles. The van der Waals surface area contributed by atoms with Gasteiger partial charge in [-0.05, 0) is 24.6 Å². The van der Waals surface area contributed by atoms with Crippen LogP contribution in [0.15, 0.2) is 48.7 Å². The van der Waals surface area contributed by atoms with Gasteiger partial charge in [-0.1, -0.05) is 30.3 Å². The highest BCUT2D eigenvalue weighted by atomic mass is 16.4. The summed E-state index contributed by atoms with van der Waals surface area (Å²) in [5, 5.41) is 12.1. The highest BCUT2D eigenvalue weighted by molar-refractivity contribution is 5.88. The number of pyridine rings is 1. The Kier molecular flexibility index (Phi) is 3.57. The summed E-state index contributed by atoms with van der Waals surface area (Å²) in [6.45, 7) is 2.00. The van der Waals surface area contributed by atoms with E-state index >= 15 is 0 Å². The number of hydrogen-bond acceptors (Lipinski definition) is 3. The molecule has 1 heterocycles. The van der Waals surface area contributed by atoms with Gasteiger partial charge >= 0.3 is 5.97 Å². The fourth-order valence-electron chi connectivity index (χ4n) is 1.69. The molecule has 92 valence electrons. The van der Waals surface area contributed by atoms with Crippen molar-refractivity contribution >= 4 is 11.8 Å². The second-order valence-electron chi connectivity index (χ2n) is 4.01. The molecule has 2 aromatic rings. The van der Waals surface area contributed by atoms with Crippen LogP contribution < -0.4 is 5.32 Å². The topological polar surface area (TPSA) is 62.2 Å². The lowest BCUT2D eigenvalue weighted by Gasteiger charge is -2.14. The number of aromatic carboxylic acids is 1. The molecule has 1 aromatic carbocycles. The average molecular weight is 242 g/mol. The quantitative estimate of drug-likeness (QED) is 0.865. The molecule has 1 unspecified atom stereocenters. The van der Waals surface area contributed by atoms with Crippen LogP contribution in [0.4, 0.5) is 5.82 Å². The van der Waals surface area contributed by atoms with E-state index in [1.54, 1.807) is 0 Å². The Morgan fingerprint density at radius 3 is 2.67 bits per heavy atom. The first kappa shape index (κ1) is 12.1. The van der Waals surface area contributed by atoms with Crippen LogP contribution in [-0.4, -0.2) is 16.1 Å². The van der Waals surface area contributed by atoms with E-state index in [2.05, 4.69) is 10.3 Å². The molecular formula is C14H14N2O2. The summed E-state index contributed by atoms with van der Waals surface area (Å²) in [7, 11) is 0. The summed E-state index contributed by atoms with van der Waals surface area (Å²) >= 11 is 0. The molecule has 0 radical (unpaired) electrons. The van der Waals surface area contributed by atoms with Gasteiger partial charge in [0.25, 0.3) is 0 Å². The van der Waals surface area contributed by atoms with Crippen molar-refractivity contribution in [3.05, 3.63) is 59.8 Å². The van der Waals surface area contributed by atoms with Crippen molar-refractivity contribution in [2.45, 2.75) is 13.0 Å². The molecule has 1 atom stereocenters. The fourth-order valence-corrected chi connectivity index (χ4v) is 1.69. The van der Waals surface area contributed by atoms with Crippen LogP contribution in [-0.2, 0) is 0 Å². The maximum absolute atomic E-state index is 10.9.